The Balaban J connectivity index is 2.28. The van der Waals surface area contributed by atoms with E-state index in [1.165, 1.54) is 0 Å². The first-order valence-corrected chi connectivity index (χ1v) is 13.3. The van der Waals surface area contributed by atoms with E-state index in [1.54, 1.807) is 24.6 Å². The fourth-order valence-electron chi connectivity index (χ4n) is 2.85. The second-order valence-corrected chi connectivity index (χ2v) is 10.9. The van der Waals surface area contributed by atoms with Crippen LogP contribution < -0.4 is 10.3 Å². The zero-order valence-corrected chi connectivity index (χ0v) is 20.3. The first-order chi connectivity index (χ1) is 15.2. The Bertz CT molecular complexity index is 1110. The summed E-state index contributed by atoms with van der Waals surface area (Å²) in [7, 11) is -10.2. The van der Waals surface area contributed by atoms with E-state index in [9.17, 15) is 23.9 Å². The Hall–Kier alpha value is -1.80. The number of nitrogens with zero attached hydrogens (tertiary/aromatic N) is 3. The Morgan fingerprint density at radius 2 is 1.97 bits per heavy atom. The maximum absolute atomic E-state index is 11.6. The molecule has 7 N–H and O–H groups in total. The van der Waals surface area contributed by atoms with Gasteiger partial charge in [0.15, 0.2) is 12.2 Å². The second-order valence-electron chi connectivity index (χ2n) is 6.93. The Morgan fingerprint density at radius 1 is 1.30 bits per heavy atom. The van der Waals surface area contributed by atoms with Gasteiger partial charge < -0.3 is 30.6 Å². The van der Waals surface area contributed by atoms with Crippen LogP contribution >= 0.6 is 27.0 Å². The number of nitrogens with two attached hydrogens (primary N) is 1. The summed E-state index contributed by atoms with van der Waals surface area (Å²) >= 11 is 1.13. The van der Waals surface area contributed by atoms with Gasteiger partial charge in [0.05, 0.1) is 17.0 Å². The smallest absolute Gasteiger partial charge is 0.481 e. The van der Waals surface area contributed by atoms with Crippen molar-refractivity contribution in [2.24, 2.45) is 0 Å². The fourth-order valence-corrected chi connectivity index (χ4v) is 5.69. The molecule has 2 aromatic heterocycles. The largest absolute Gasteiger partial charge is 0.481 e. The molecule has 2 atom stereocenters. The van der Waals surface area contributed by atoms with Crippen LogP contribution in [0.3, 0.4) is 0 Å². The van der Waals surface area contributed by atoms with Crippen molar-refractivity contribution in [3.63, 3.8) is 0 Å². The van der Waals surface area contributed by atoms with Crippen LogP contribution in [-0.4, -0.2) is 47.4 Å². The van der Waals surface area contributed by atoms with Gasteiger partial charge in [-0.2, -0.15) is 8.88 Å². The molecule has 0 fully saturated rings. The van der Waals surface area contributed by atoms with Gasteiger partial charge in [-0.1, -0.05) is 11.3 Å². The maximum Gasteiger partial charge on any atom is 0.481 e. The summed E-state index contributed by atoms with van der Waals surface area (Å²) in [5.41, 5.74) is 7.17. The molecule has 0 radical (unpaired) electrons. The molecular weight excluding hydrogens is 502 g/mol. The van der Waals surface area contributed by atoms with E-state index in [0.717, 1.165) is 11.3 Å². The number of carbonyl (C=O) groups is 1. The number of aliphatic carboxylic acids is 1. The molecule has 2 aromatic rings. The number of aryl methyl sites for hydroxylation is 1. The minimum absolute atomic E-state index is 0.0388. The van der Waals surface area contributed by atoms with Crippen LogP contribution in [0.2, 0.25) is 0 Å². The summed E-state index contributed by atoms with van der Waals surface area (Å²) in [4.78, 5) is 46.5. The van der Waals surface area contributed by atoms with E-state index in [1.807, 2.05) is 0 Å². The van der Waals surface area contributed by atoms with E-state index in [0.29, 0.717) is 27.0 Å². The molecule has 0 aliphatic carbocycles. The van der Waals surface area contributed by atoms with Crippen molar-refractivity contribution >= 4 is 38.8 Å². The van der Waals surface area contributed by atoms with E-state index in [-0.39, 0.29) is 31.6 Å². The molecule has 0 spiro atoms. The highest BCUT2D eigenvalue weighted by molar-refractivity contribution is 7.60. The third-order valence-electron chi connectivity index (χ3n) is 4.36. The highest BCUT2D eigenvalue weighted by Crippen LogP contribution is 2.57. The number of carboxylic acid groups (broad SMARTS) is 1. The van der Waals surface area contributed by atoms with Crippen molar-refractivity contribution in [1.82, 2.24) is 9.97 Å². The molecule has 0 aromatic carbocycles. The summed E-state index contributed by atoms with van der Waals surface area (Å²) in [6.45, 7) is 3.15. The van der Waals surface area contributed by atoms with E-state index in [4.69, 9.17) is 20.6 Å². The number of phosphoric acid groups is 2. The fraction of sp³-hybridized carbons (Fsp3) is 0.500. The predicted octanol–water partition coefficient (Wildman–Crippen LogP) is 0.740. The SMILES string of the molecule is Cc1ncc(C[n+]2c([C@@H](O)CCC(=O)O)sc(CCOP(=O)(O)OP(=O)(O)O)c2C)c(N)n1. The van der Waals surface area contributed by atoms with Crippen LogP contribution in [0.4, 0.5) is 5.82 Å². The number of aliphatic hydroxyl groups is 1. The number of aromatic nitrogens is 3. The van der Waals surface area contributed by atoms with Gasteiger partial charge >= 0.3 is 21.6 Å². The first kappa shape index (κ1) is 27.4. The molecule has 17 heteroatoms. The van der Waals surface area contributed by atoms with Gasteiger partial charge in [0.1, 0.15) is 17.7 Å². The van der Waals surface area contributed by atoms with Gasteiger partial charge in [-0.3, -0.25) is 9.32 Å². The monoisotopic (exact) mass is 527 g/mol. The van der Waals surface area contributed by atoms with E-state index < -0.39 is 34.3 Å². The van der Waals surface area contributed by atoms with Crippen molar-refractivity contribution in [2.45, 2.75) is 45.8 Å². The molecule has 184 valence electrons. The van der Waals surface area contributed by atoms with Gasteiger partial charge in [-0.25, -0.2) is 19.1 Å². The molecular formula is C16H25N4O10P2S+. The second kappa shape index (κ2) is 11.1. The van der Waals surface area contributed by atoms with Crippen LogP contribution in [-0.2, 0) is 35.7 Å². The van der Waals surface area contributed by atoms with Crippen LogP contribution in [0, 0.1) is 13.8 Å². The average Bonchev–Trinajstić information content (AvgIpc) is 2.96. The highest BCUT2D eigenvalue weighted by atomic mass is 32.1. The van der Waals surface area contributed by atoms with Gasteiger partial charge in [0.25, 0.3) is 5.01 Å². The lowest BCUT2D eigenvalue weighted by Gasteiger charge is -2.11. The average molecular weight is 527 g/mol. The number of nitrogen functional groups attached to an aromatic ring is 1. The van der Waals surface area contributed by atoms with Gasteiger partial charge in [-0.15, -0.1) is 0 Å². The lowest BCUT2D eigenvalue weighted by Crippen LogP contribution is -2.41. The minimum atomic E-state index is -5.23. The molecule has 0 aliphatic rings. The van der Waals surface area contributed by atoms with Crippen molar-refractivity contribution in [1.29, 1.82) is 0 Å². The standard InChI is InChI=1S/C16H24N4O10P2S/c1-9-13(5-6-29-32(27,28)30-31(24,25)26)33-16(12(21)3-4-14(22)23)20(9)8-11-7-18-10(2)19-15(11)17/h7,12,21H,3-6,8H2,1-2H3,(H5-,17,18,19,22,23,24,25,26,27,28)/p+1/t12-/m0/s1. The Kier molecular flexibility index (Phi) is 9.22. The summed E-state index contributed by atoms with van der Waals surface area (Å²) in [5, 5.41) is 19.9. The van der Waals surface area contributed by atoms with Crippen LogP contribution in [0.1, 0.15) is 45.9 Å². The van der Waals surface area contributed by atoms with Crippen molar-refractivity contribution < 1.29 is 52.2 Å². The molecule has 0 aliphatic heterocycles. The van der Waals surface area contributed by atoms with Gasteiger partial charge in [-0.05, 0) is 13.3 Å². The number of phosphoric ester groups is 1. The van der Waals surface area contributed by atoms with Crippen molar-refractivity contribution in [3.05, 3.63) is 33.2 Å². The molecule has 1 unspecified atom stereocenters. The summed E-state index contributed by atoms with van der Waals surface area (Å²) in [5.74, 6) is -0.344. The molecule has 0 bridgehead atoms. The molecule has 33 heavy (non-hydrogen) atoms. The normalized spacial score (nSPS) is 14.7. The first-order valence-electron chi connectivity index (χ1n) is 9.42. The zero-order chi connectivity index (χ0) is 25.0. The number of hydrogen-bond acceptors (Lipinski definition) is 10. The van der Waals surface area contributed by atoms with Crippen LogP contribution in [0.25, 0.3) is 0 Å². The van der Waals surface area contributed by atoms with Crippen molar-refractivity contribution in [2.75, 3.05) is 12.3 Å². The number of thiazole rings is 1. The number of aliphatic hydroxyl groups excluding tert-OH is 1. The third kappa shape index (κ3) is 8.49. The molecule has 0 amide bonds. The highest BCUT2D eigenvalue weighted by Gasteiger charge is 2.33. The maximum atomic E-state index is 11.6. The van der Waals surface area contributed by atoms with E-state index in [2.05, 4.69) is 18.8 Å². The molecule has 2 rings (SSSR count). The zero-order valence-electron chi connectivity index (χ0n) is 17.7. The van der Waals surface area contributed by atoms with Crippen molar-refractivity contribution in [3.8, 4) is 0 Å². The summed E-state index contributed by atoms with van der Waals surface area (Å²) in [6.07, 6.45) is 0.151. The van der Waals surface area contributed by atoms with Crippen LogP contribution in [0.5, 0.6) is 0 Å². The number of rotatable bonds is 12. The number of carboxylic acids is 1. The Morgan fingerprint density at radius 3 is 2.55 bits per heavy atom. The molecule has 2 heterocycles. The quantitative estimate of drug-likeness (QED) is 0.166. The molecule has 0 saturated carbocycles. The van der Waals surface area contributed by atoms with Crippen LogP contribution in [0.15, 0.2) is 6.20 Å². The molecule has 14 nitrogen and oxygen atoms in total. The van der Waals surface area contributed by atoms with Gasteiger partial charge in [0.2, 0.25) is 0 Å². The van der Waals surface area contributed by atoms with E-state index >= 15 is 0 Å². The lowest BCUT2D eigenvalue weighted by molar-refractivity contribution is -0.700. The summed E-state index contributed by atoms with van der Waals surface area (Å²) < 4.78 is 32.5. The third-order valence-corrected chi connectivity index (χ3v) is 7.99. The topological polar surface area (TPSA) is 226 Å². The summed E-state index contributed by atoms with van der Waals surface area (Å²) in [6, 6.07) is 0. The Labute approximate surface area is 192 Å². The predicted molar refractivity (Wildman–Crippen MR) is 114 cm³/mol. The number of anilines is 1. The van der Waals surface area contributed by atoms with Gasteiger partial charge in [0, 0.05) is 26.0 Å². The lowest BCUT2D eigenvalue weighted by atomic mass is 10.2. The molecule has 0 saturated heterocycles. The minimum Gasteiger partial charge on any atom is -0.481 e. The number of hydrogen-bond donors (Lipinski definition) is 6.